The lowest BCUT2D eigenvalue weighted by atomic mass is 9.93. The van der Waals surface area contributed by atoms with Gasteiger partial charge in [-0.05, 0) is 56.3 Å². The normalized spacial score (nSPS) is 17.3. The quantitative estimate of drug-likeness (QED) is 0.853. The van der Waals surface area contributed by atoms with E-state index in [-0.39, 0.29) is 17.9 Å². The predicted molar refractivity (Wildman–Crippen MR) is 93.5 cm³/mol. The summed E-state index contributed by atoms with van der Waals surface area (Å²) < 4.78 is 1.96. The van der Waals surface area contributed by atoms with Crippen molar-refractivity contribution in [2.45, 2.75) is 45.6 Å². The average molecular weight is 329 g/mol. The highest BCUT2D eigenvalue weighted by Gasteiger charge is 2.24. The zero-order chi connectivity index (χ0) is 16.9. The summed E-state index contributed by atoms with van der Waals surface area (Å²) in [6, 6.07) is 5.70. The minimum Gasteiger partial charge on any atom is -0.346 e. The fourth-order valence-electron chi connectivity index (χ4n) is 3.35. The molecule has 1 unspecified atom stereocenters. The van der Waals surface area contributed by atoms with Gasteiger partial charge in [-0.3, -0.25) is 9.20 Å². The molecule has 24 heavy (non-hydrogen) atoms. The maximum atomic E-state index is 12.4. The highest BCUT2D eigenvalue weighted by atomic mass is 16.1. The molecule has 2 aromatic rings. The van der Waals surface area contributed by atoms with Gasteiger partial charge >= 0.3 is 0 Å². The molecule has 1 aliphatic heterocycles. The van der Waals surface area contributed by atoms with Gasteiger partial charge in [0.25, 0.3) is 0 Å². The van der Waals surface area contributed by atoms with Gasteiger partial charge < -0.3 is 10.6 Å². The highest BCUT2D eigenvalue weighted by Crippen LogP contribution is 2.22. The summed E-state index contributed by atoms with van der Waals surface area (Å²) in [5.74, 6) is 1.83. The molecule has 1 fully saturated rings. The van der Waals surface area contributed by atoms with Crippen molar-refractivity contribution in [1.82, 2.24) is 25.2 Å². The smallest absolute Gasteiger partial charge is 0.220 e. The topological polar surface area (TPSA) is 71.3 Å². The fraction of sp³-hybridized carbons (Fsp3) is 0.611. The fourth-order valence-corrected chi connectivity index (χ4v) is 3.35. The van der Waals surface area contributed by atoms with Crippen molar-refractivity contribution < 1.29 is 4.79 Å². The number of piperidine rings is 1. The van der Waals surface area contributed by atoms with Crippen molar-refractivity contribution in [2.24, 2.45) is 11.8 Å². The van der Waals surface area contributed by atoms with Gasteiger partial charge in [0.05, 0.1) is 6.04 Å². The summed E-state index contributed by atoms with van der Waals surface area (Å²) in [6.07, 6.45) is 5.86. The second-order valence-corrected chi connectivity index (χ2v) is 7.01. The SMILES string of the molecule is CC(C)C(NC(=O)CCC1CCNCC1)c1nnc2ccccn12. The van der Waals surface area contributed by atoms with Crippen LogP contribution in [0.15, 0.2) is 24.4 Å². The van der Waals surface area contributed by atoms with E-state index in [1.165, 1.54) is 12.8 Å². The number of aromatic nitrogens is 3. The van der Waals surface area contributed by atoms with Gasteiger partial charge in [0.2, 0.25) is 5.91 Å². The molecule has 0 bridgehead atoms. The first-order valence-electron chi connectivity index (χ1n) is 8.95. The third kappa shape index (κ3) is 3.93. The van der Waals surface area contributed by atoms with E-state index in [1.807, 2.05) is 28.8 Å². The Hall–Kier alpha value is -1.95. The molecule has 0 radical (unpaired) electrons. The summed E-state index contributed by atoms with van der Waals surface area (Å²) in [6.45, 7) is 6.35. The molecule has 2 N–H and O–H groups in total. The first-order valence-corrected chi connectivity index (χ1v) is 8.95. The minimum atomic E-state index is -0.122. The molecule has 1 amide bonds. The van der Waals surface area contributed by atoms with E-state index in [4.69, 9.17) is 0 Å². The Balaban J connectivity index is 1.64. The number of nitrogens with zero attached hydrogens (tertiary/aromatic N) is 3. The Morgan fingerprint density at radius 3 is 2.88 bits per heavy atom. The van der Waals surface area contributed by atoms with E-state index >= 15 is 0 Å². The van der Waals surface area contributed by atoms with Crippen LogP contribution in [-0.2, 0) is 4.79 Å². The van der Waals surface area contributed by atoms with Crippen LogP contribution in [0.2, 0.25) is 0 Å². The van der Waals surface area contributed by atoms with Crippen LogP contribution in [0.1, 0.15) is 51.4 Å². The maximum Gasteiger partial charge on any atom is 0.220 e. The molecule has 0 aromatic carbocycles. The maximum absolute atomic E-state index is 12.4. The van der Waals surface area contributed by atoms with E-state index in [2.05, 4.69) is 34.7 Å². The van der Waals surface area contributed by atoms with Crippen molar-refractivity contribution in [3.8, 4) is 0 Å². The summed E-state index contributed by atoms with van der Waals surface area (Å²) in [5.41, 5.74) is 0.808. The van der Waals surface area contributed by atoms with E-state index in [0.717, 1.165) is 31.0 Å². The Labute approximate surface area is 143 Å². The van der Waals surface area contributed by atoms with Crippen LogP contribution in [0.5, 0.6) is 0 Å². The Kier molecular flexibility index (Phi) is 5.45. The largest absolute Gasteiger partial charge is 0.346 e. The van der Waals surface area contributed by atoms with Gasteiger partial charge in [0.15, 0.2) is 11.5 Å². The molecule has 0 aliphatic carbocycles. The number of carbonyl (C=O) groups is 1. The molecular formula is C18H27N5O. The summed E-state index contributed by atoms with van der Waals surface area (Å²) >= 11 is 0. The van der Waals surface area contributed by atoms with Crippen LogP contribution >= 0.6 is 0 Å². The van der Waals surface area contributed by atoms with Crippen molar-refractivity contribution in [2.75, 3.05) is 13.1 Å². The first-order chi connectivity index (χ1) is 11.6. The Morgan fingerprint density at radius 1 is 1.33 bits per heavy atom. The summed E-state index contributed by atoms with van der Waals surface area (Å²) in [4.78, 5) is 12.4. The van der Waals surface area contributed by atoms with Crippen LogP contribution in [0, 0.1) is 11.8 Å². The lowest BCUT2D eigenvalue weighted by Crippen LogP contribution is -2.34. The number of rotatable bonds is 6. The monoisotopic (exact) mass is 329 g/mol. The number of hydrogen-bond donors (Lipinski definition) is 2. The highest BCUT2D eigenvalue weighted by molar-refractivity contribution is 5.76. The van der Waals surface area contributed by atoms with Gasteiger partial charge in [0, 0.05) is 12.6 Å². The molecule has 3 rings (SSSR count). The van der Waals surface area contributed by atoms with Crippen molar-refractivity contribution in [3.63, 3.8) is 0 Å². The van der Waals surface area contributed by atoms with Gasteiger partial charge in [-0.2, -0.15) is 0 Å². The zero-order valence-electron chi connectivity index (χ0n) is 14.5. The number of fused-ring (bicyclic) bond motifs is 1. The van der Waals surface area contributed by atoms with Crippen LogP contribution in [0.4, 0.5) is 0 Å². The number of carbonyl (C=O) groups excluding carboxylic acids is 1. The molecule has 1 atom stereocenters. The van der Waals surface area contributed by atoms with Gasteiger partial charge in [0.1, 0.15) is 0 Å². The number of hydrogen-bond acceptors (Lipinski definition) is 4. The first kappa shape index (κ1) is 16.9. The molecule has 0 saturated carbocycles. The summed E-state index contributed by atoms with van der Waals surface area (Å²) in [7, 11) is 0. The Bertz CT molecular complexity index is 675. The van der Waals surface area contributed by atoms with E-state index in [0.29, 0.717) is 12.3 Å². The van der Waals surface area contributed by atoms with Gasteiger partial charge in [-0.1, -0.05) is 19.9 Å². The molecule has 1 saturated heterocycles. The molecular weight excluding hydrogens is 302 g/mol. The molecule has 0 spiro atoms. The molecule has 130 valence electrons. The van der Waals surface area contributed by atoms with Crippen molar-refractivity contribution >= 4 is 11.6 Å². The number of pyridine rings is 1. The second kappa shape index (κ2) is 7.75. The van der Waals surface area contributed by atoms with E-state index in [9.17, 15) is 4.79 Å². The van der Waals surface area contributed by atoms with Gasteiger partial charge in [-0.25, -0.2) is 0 Å². The van der Waals surface area contributed by atoms with Crippen LogP contribution in [-0.4, -0.2) is 33.6 Å². The van der Waals surface area contributed by atoms with Crippen LogP contribution < -0.4 is 10.6 Å². The predicted octanol–water partition coefficient (Wildman–Crippen LogP) is 2.32. The third-order valence-electron chi connectivity index (χ3n) is 4.84. The number of amides is 1. The zero-order valence-corrected chi connectivity index (χ0v) is 14.5. The van der Waals surface area contributed by atoms with Gasteiger partial charge in [-0.15, -0.1) is 10.2 Å². The van der Waals surface area contributed by atoms with E-state index in [1.54, 1.807) is 0 Å². The lowest BCUT2D eigenvalue weighted by molar-refractivity contribution is -0.122. The standard InChI is InChI=1S/C18H27N5O/c1-13(2)17(18-22-21-15-5-3-4-12-23(15)18)20-16(24)7-6-14-8-10-19-11-9-14/h3-5,12-14,17,19H,6-11H2,1-2H3,(H,20,24). The van der Waals surface area contributed by atoms with Crippen LogP contribution in [0.25, 0.3) is 5.65 Å². The summed E-state index contributed by atoms with van der Waals surface area (Å²) in [5, 5.41) is 15.1. The minimum absolute atomic E-state index is 0.111. The van der Waals surface area contributed by atoms with Crippen LogP contribution in [0.3, 0.4) is 0 Å². The van der Waals surface area contributed by atoms with E-state index < -0.39 is 0 Å². The third-order valence-corrected chi connectivity index (χ3v) is 4.84. The molecule has 2 aromatic heterocycles. The second-order valence-electron chi connectivity index (χ2n) is 7.01. The molecule has 6 heteroatoms. The molecule has 3 heterocycles. The molecule has 1 aliphatic rings. The van der Waals surface area contributed by atoms with Crippen molar-refractivity contribution in [1.29, 1.82) is 0 Å². The molecule has 6 nitrogen and oxygen atoms in total. The lowest BCUT2D eigenvalue weighted by Gasteiger charge is -2.24. The number of nitrogens with one attached hydrogen (secondary N) is 2. The average Bonchev–Trinajstić information content (AvgIpc) is 3.02. The Morgan fingerprint density at radius 2 is 2.12 bits per heavy atom. The van der Waals surface area contributed by atoms with Crippen molar-refractivity contribution in [3.05, 3.63) is 30.2 Å².